The van der Waals surface area contributed by atoms with Crippen LogP contribution in [0.25, 0.3) is 0 Å². The maximum atomic E-state index is 13.6. The van der Waals surface area contributed by atoms with Gasteiger partial charge in [-0.3, -0.25) is 29.6 Å². The molecule has 1 aromatic heterocycles. The summed E-state index contributed by atoms with van der Waals surface area (Å²) in [5, 5.41) is 12.5. The van der Waals surface area contributed by atoms with E-state index in [0.717, 1.165) is 0 Å². The molecule has 2 saturated heterocycles. The molecule has 29 heavy (non-hydrogen) atoms. The van der Waals surface area contributed by atoms with Crippen molar-refractivity contribution in [2.75, 3.05) is 39.8 Å². The number of likely N-dealkylation sites (tertiary alicyclic amines) is 2. The lowest BCUT2D eigenvalue weighted by Crippen LogP contribution is -2.77. The van der Waals surface area contributed by atoms with Crippen LogP contribution in [0.4, 0.5) is 0 Å². The lowest BCUT2D eigenvalue weighted by molar-refractivity contribution is -0.584. The van der Waals surface area contributed by atoms with Crippen molar-refractivity contribution >= 4 is 11.9 Å². The van der Waals surface area contributed by atoms with Gasteiger partial charge < -0.3 is 9.64 Å². The number of carbonyl (C=O) groups is 2. The second-order valence-corrected chi connectivity index (χ2v) is 7.48. The van der Waals surface area contributed by atoms with E-state index in [1.165, 1.54) is 24.3 Å². The molecule has 0 aliphatic carbocycles. The Hall–Kier alpha value is -3.07. The van der Waals surface area contributed by atoms with Crippen LogP contribution >= 0.6 is 0 Å². The first-order chi connectivity index (χ1) is 13.9. The number of hydrogen-bond donors (Lipinski definition) is 0. The predicted molar refractivity (Wildman–Crippen MR) is 105 cm³/mol. The Morgan fingerprint density at radius 2 is 2.10 bits per heavy atom. The fourth-order valence-corrected chi connectivity index (χ4v) is 4.88. The molecule has 2 bridgehead atoms. The van der Waals surface area contributed by atoms with E-state index in [0.29, 0.717) is 12.1 Å². The van der Waals surface area contributed by atoms with Gasteiger partial charge in [-0.05, 0) is 11.6 Å². The summed E-state index contributed by atoms with van der Waals surface area (Å²) in [5.41, 5.74) is -2.91. The fourth-order valence-electron chi connectivity index (χ4n) is 4.88. The molecule has 0 unspecified atom stereocenters. The summed E-state index contributed by atoms with van der Waals surface area (Å²) in [6.45, 7) is 7.67. The zero-order chi connectivity index (χ0) is 21.2. The van der Waals surface area contributed by atoms with Crippen molar-refractivity contribution in [1.82, 2.24) is 14.8 Å². The molecular formula is C20H24N4O5. The third-order valence-corrected chi connectivity index (χ3v) is 5.80. The molecule has 0 saturated carbocycles. The Kier molecular flexibility index (Phi) is 5.52. The second kappa shape index (κ2) is 7.75. The van der Waals surface area contributed by atoms with Gasteiger partial charge in [0.05, 0.1) is 26.1 Å². The van der Waals surface area contributed by atoms with Crippen LogP contribution in [0.3, 0.4) is 0 Å². The van der Waals surface area contributed by atoms with Gasteiger partial charge >= 0.3 is 5.97 Å². The molecule has 1 amide bonds. The summed E-state index contributed by atoms with van der Waals surface area (Å²) in [4.78, 5) is 46.1. The Morgan fingerprint density at radius 1 is 1.38 bits per heavy atom. The highest BCUT2D eigenvalue weighted by atomic mass is 16.6. The molecule has 3 rings (SSSR count). The molecule has 0 N–H and O–H groups in total. The number of nitro groups is 1. The van der Waals surface area contributed by atoms with Crippen LogP contribution in [-0.2, 0) is 14.3 Å². The number of carbonyl (C=O) groups excluding carboxylic acids is 2. The standard InChI is InChI=1S/C20H24N4O5/c1-4-9-22-12-19(24(27)28)13-23(10-5-2)17(25)20(14-22,18(26)29-3)16(19)15-7-6-8-21-11-15/h4-8,11,16H,1-2,9-10,12-14H2,3H3/t16-,19-,20-/m1/s1. The summed E-state index contributed by atoms with van der Waals surface area (Å²) in [6.07, 6.45) is 6.13. The number of methoxy groups -OCH3 is 1. The van der Waals surface area contributed by atoms with Gasteiger partial charge in [-0.2, -0.15) is 0 Å². The van der Waals surface area contributed by atoms with Gasteiger partial charge in [0.2, 0.25) is 5.91 Å². The van der Waals surface area contributed by atoms with Gasteiger partial charge in [-0.25, -0.2) is 0 Å². The van der Waals surface area contributed by atoms with Crippen molar-refractivity contribution in [2.24, 2.45) is 5.41 Å². The molecule has 0 radical (unpaired) electrons. The van der Waals surface area contributed by atoms with Crippen LogP contribution < -0.4 is 0 Å². The predicted octanol–water partition coefficient (Wildman–Crippen LogP) is 0.870. The van der Waals surface area contributed by atoms with Gasteiger partial charge in [0, 0.05) is 37.0 Å². The first-order valence-corrected chi connectivity index (χ1v) is 9.23. The summed E-state index contributed by atoms with van der Waals surface area (Å²) in [6, 6.07) is 3.32. The van der Waals surface area contributed by atoms with Gasteiger partial charge in [-0.15, -0.1) is 13.2 Å². The van der Waals surface area contributed by atoms with Crippen LogP contribution in [0, 0.1) is 15.5 Å². The summed E-state index contributed by atoms with van der Waals surface area (Å²) >= 11 is 0. The molecule has 1 aromatic rings. The van der Waals surface area contributed by atoms with Crippen molar-refractivity contribution < 1.29 is 19.2 Å². The Balaban J connectivity index is 2.32. The first kappa shape index (κ1) is 20.7. The second-order valence-electron chi connectivity index (χ2n) is 7.48. The molecule has 2 aliphatic rings. The van der Waals surface area contributed by atoms with Crippen molar-refractivity contribution in [1.29, 1.82) is 0 Å². The Morgan fingerprint density at radius 3 is 2.66 bits per heavy atom. The average molecular weight is 400 g/mol. The van der Waals surface area contributed by atoms with E-state index in [9.17, 15) is 19.7 Å². The number of nitrogens with zero attached hydrogens (tertiary/aromatic N) is 4. The van der Waals surface area contributed by atoms with Crippen LogP contribution in [0.5, 0.6) is 0 Å². The van der Waals surface area contributed by atoms with Crippen molar-refractivity contribution in [3.8, 4) is 0 Å². The van der Waals surface area contributed by atoms with E-state index >= 15 is 0 Å². The number of fused-ring (bicyclic) bond motifs is 2. The number of piperidine rings is 2. The highest BCUT2D eigenvalue weighted by Gasteiger charge is 2.74. The summed E-state index contributed by atoms with van der Waals surface area (Å²) < 4.78 is 5.06. The van der Waals surface area contributed by atoms with E-state index in [-0.39, 0.29) is 31.1 Å². The van der Waals surface area contributed by atoms with E-state index in [4.69, 9.17) is 4.74 Å². The number of hydrogen-bond acceptors (Lipinski definition) is 7. The highest BCUT2D eigenvalue weighted by molar-refractivity contribution is 6.05. The molecular weight excluding hydrogens is 376 g/mol. The molecule has 3 heterocycles. The van der Waals surface area contributed by atoms with Gasteiger partial charge in [-0.1, -0.05) is 18.2 Å². The summed E-state index contributed by atoms with van der Waals surface area (Å²) in [5.74, 6) is -2.30. The number of amides is 1. The minimum absolute atomic E-state index is 0.00663. The van der Waals surface area contributed by atoms with Crippen molar-refractivity contribution in [2.45, 2.75) is 11.5 Å². The summed E-state index contributed by atoms with van der Waals surface area (Å²) in [7, 11) is 1.19. The van der Waals surface area contributed by atoms with Gasteiger partial charge in [0.15, 0.2) is 5.41 Å². The zero-order valence-corrected chi connectivity index (χ0v) is 16.3. The third-order valence-electron chi connectivity index (χ3n) is 5.80. The molecule has 0 spiro atoms. The number of pyridine rings is 1. The maximum Gasteiger partial charge on any atom is 0.323 e. The Bertz CT molecular complexity index is 845. The smallest absolute Gasteiger partial charge is 0.323 e. The molecule has 2 fully saturated rings. The monoisotopic (exact) mass is 400 g/mol. The lowest BCUT2D eigenvalue weighted by atomic mass is 9.56. The zero-order valence-electron chi connectivity index (χ0n) is 16.3. The molecule has 154 valence electrons. The normalized spacial score (nSPS) is 29.2. The first-order valence-electron chi connectivity index (χ1n) is 9.23. The van der Waals surface area contributed by atoms with Crippen LogP contribution in [0.1, 0.15) is 11.5 Å². The lowest BCUT2D eigenvalue weighted by Gasteiger charge is -2.56. The molecule has 2 aliphatic heterocycles. The number of rotatable bonds is 7. The quantitative estimate of drug-likeness (QED) is 0.220. The molecule has 9 heteroatoms. The molecule has 0 aromatic carbocycles. The van der Waals surface area contributed by atoms with Crippen molar-refractivity contribution in [3.05, 3.63) is 65.5 Å². The Labute approximate surface area is 168 Å². The number of ether oxygens (including phenoxy) is 1. The van der Waals surface area contributed by atoms with Gasteiger partial charge in [0.1, 0.15) is 0 Å². The third kappa shape index (κ3) is 3.02. The molecule has 9 nitrogen and oxygen atoms in total. The topological polar surface area (TPSA) is 106 Å². The van der Waals surface area contributed by atoms with Crippen molar-refractivity contribution in [3.63, 3.8) is 0 Å². The number of aromatic nitrogens is 1. The minimum atomic E-state index is -1.77. The fraction of sp³-hybridized carbons (Fsp3) is 0.450. The van der Waals surface area contributed by atoms with E-state index in [2.05, 4.69) is 18.1 Å². The highest BCUT2D eigenvalue weighted by Crippen LogP contribution is 2.54. The van der Waals surface area contributed by atoms with E-state index < -0.39 is 28.7 Å². The van der Waals surface area contributed by atoms with Gasteiger partial charge in [0.25, 0.3) is 5.54 Å². The van der Waals surface area contributed by atoms with Crippen LogP contribution in [0.2, 0.25) is 0 Å². The largest absolute Gasteiger partial charge is 0.468 e. The average Bonchev–Trinajstić information content (AvgIpc) is 2.71. The maximum absolute atomic E-state index is 13.6. The van der Waals surface area contributed by atoms with Crippen LogP contribution in [0.15, 0.2) is 49.8 Å². The SMILES string of the molecule is C=CCN1C[C@]2(C(=O)OC)C(=O)N(CC=C)C[C@]([N+](=O)[O-])(C1)[C@H]2c1cccnc1. The number of esters is 1. The molecule has 3 atom stereocenters. The van der Waals surface area contributed by atoms with E-state index in [1.54, 1.807) is 29.3 Å². The van der Waals surface area contributed by atoms with Crippen LogP contribution in [-0.4, -0.2) is 77.0 Å². The van der Waals surface area contributed by atoms with E-state index in [1.807, 2.05) is 0 Å². The minimum Gasteiger partial charge on any atom is -0.468 e.